The minimum Gasteiger partial charge on any atom is -0.396 e. The fourth-order valence-corrected chi connectivity index (χ4v) is 2.73. The van der Waals surface area contributed by atoms with Crippen molar-refractivity contribution < 1.29 is 5.11 Å². The van der Waals surface area contributed by atoms with Crippen molar-refractivity contribution >= 4 is 21.6 Å². The molecule has 2 N–H and O–H groups in total. The fraction of sp³-hybridized carbons (Fsp3) is 0.538. The van der Waals surface area contributed by atoms with Crippen LogP contribution < -0.4 is 5.56 Å². The van der Waals surface area contributed by atoms with Gasteiger partial charge in [0.1, 0.15) is 10.5 Å². The summed E-state index contributed by atoms with van der Waals surface area (Å²) in [4.78, 5) is 21.2. The second kappa shape index (κ2) is 6.79. The van der Waals surface area contributed by atoms with E-state index in [9.17, 15) is 4.79 Å². The molecule has 5 nitrogen and oxygen atoms in total. The van der Waals surface area contributed by atoms with Crippen LogP contribution in [0.5, 0.6) is 0 Å². The average molecular weight is 281 g/mol. The number of nitrogens with zero attached hydrogens (tertiary/aromatic N) is 2. The number of aliphatic hydroxyl groups excluding tert-OH is 1. The van der Waals surface area contributed by atoms with Crippen LogP contribution in [0.1, 0.15) is 25.1 Å². The minimum atomic E-state index is -0.0521. The van der Waals surface area contributed by atoms with Crippen molar-refractivity contribution in [2.45, 2.75) is 25.8 Å². The number of thiophene rings is 1. The molecule has 0 saturated heterocycles. The zero-order valence-electron chi connectivity index (χ0n) is 11.1. The quantitative estimate of drug-likeness (QED) is 0.756. The number of aliphatic hydroxyl groups is 1. The van der Waals surface area contributed by atoms with E-state index in [-0.39, 0.29) is 12.2 Å². The lowest BCUT2D eigenvalue weighted by atomic mass is 10.2. The van der Waals surface area contributed by atoms with Crippen molar-refractivity contribution in [3.63, 3.8) is 0 Å². The Morgan fingerprint density at radius 1 is 1.42 bits per heavy atom. The van der Waals surface area contributed by atoms with Crippen LogP contribution in [0.25, 0.3) is 10.2 Å². The van der Waals surface area contributed by atoms with Crippen LogP contribution in [0.15, 0.2) is 16.2 Å². The summed E-state index contributed by atoms with van der Waals surface area (Å²) in [5, 5.41) is 10.6. The molecule has 0 spiro atoms. The Morgan fingerprint density at radius 2 is 2.26 bits per heavy atom. The van der Waals surface area contributed by atoms with Gasteiger partial charge in [-0.15, -0.1) is 11.3 Å². The summed E-state index contributed by atoms with van der Waals surface area (Å²) in [5.41, 5.74) is 0.723. The summed E-state index contributed by atoms with van der Waals surface area (Å²) >= 11 is 1.42. The van der Waals surface area contributed by atoms with Crippen molar-refractivity contribution in [2.24, 2.45) is 0 Å². The number of nitrogens with one attached hydrogen (secondary N) is 1. The van der Waals surface area contributed by atoms with Crippen LogP contribution in [-0.4, -0.2) is 40.2 Å². The van der Waals surface area contributed by atoms with Crippen LogP contribution in [0.2, 0.25) is 0 Å². The normalized spacial score (nSPS) is 11.5. The lowest BCUT2D eigenvalue weighted by Crippen LogP contribution is -2.22. The van der Waals surface area contributed by atoms with E-state index < -0.39 is 0 Å². The third-order valence-electron chi connectivity index (χ3n) is 2.98. The number of rotatable bonds is 7. The lowest BCUT2D eigenvalue weighted by Gasteiger charge is -2.15. The molecule has 0 aliphatic heterocycles. The first kappa shape index (κ1) is 14.2. The third-order valence-corrected chi connectivity index (χ3v) is 3.88. The van der Waals surface area contributed by atoms with E-state index in [4.69, 9.17) is 5.11 Å². The second-order valence-corrected chi connectivity index (χ2v) is 5.59. The Kier molecular flexibility index (Phi) is 5.07. The van der Waals surface area contributed by atoms with Gasteiger partial charge in [0.2, 0.25) is 0 Å². The van der Waals surface area contributed by atoms with Crippen molar-refractivity contribution in [2.75, 3.05) is 20.2 Å². The van der Waals surface area contributed by atoms with Gasteiger partial charge in [0.25, 0.3) is 5.56 Å². The molecule has 2 aromatic heterocycles. The van der Waals surface area contributed by atoms with Crippen molar-refractivity contribution in [3.8, 4) is 0 Å². The molecule has 0 bridgehead atoms. The summed E-state index contributed by atoms with van der Waals surface area (Å²) < 4.78 is 0.689. The molecule has 0 aliphatic rings. The first-order chi connectivity index (χ1) is 9.20. The zero-order valence-corrected chi connectivity index (χ0v) is 11.9. The van der Waals surface area contributed by atoms with E-state index in [0.717, 1.165) is 31.3 Å². The highest BCUT2D eigenvalue weighted by Gasteiger charge is 2.07. The van der Waals surface area contributed by atoms with E-state index in [0.29, 0.717) is 17.1 Å². The highest BCUT2D eigenvalue weighted by molar-refractivity contribution is 7.17. The van der Waals surface area contributed by atoms with Gasteiger partial charge in [0.15, 0.2) is 0 Å². The summed E-state index contributed by atoms with van der Waals surface area (Å²) in [5.74, 6) is 0.709. The van der Waals surface area contributed by atoms with Gasteiger partial charge >= 0.3 is 0 Å². The standard InChI is InChI=1S/C13H19N3O2S/c1-16(6-3-2-4-7-17)9-11-14-10-5-8-19-12(10)13(18)15-11/h5,8,17H,2-4,6-7,9H2,1H3,(H,14,15,18). The molecule has 0 unspecified atom stereocenters. The van der Waals surface area contributed by atoms with E-state index in [2.05, 4.69) is 14.9 Å². The van der Waals surface area contributed by atoms with Crippen molar-refractivity contribution in [1.82, 2.24) is 14.9 Å². The Hall–Kier alpha value is -1.24. The Labute approximate surface area is 115 Å². The van der Waals surface area contributed by atoms with E-state index >= 15 is 0 Å². The molecule has 0 fully saturated rings. The molecule has 2 aromatic rings. The van der Waals surface area contributed by atoms with Crippen LogP contribution in [-0.2, 0) is 6.54 Å². The molecule has 0 radical (unpaired) electrons. The largest absolute Gasteiger partial charge is 0.396 e. The smallest absolute Gasteiger partial charge is 0.268 e. The van der Waals surface area contributed by atoms with Crippen LogP contribution >= 0.6 is 11.3 Å². The first-order valence-electron chi connectivity index (χ1n) is 6.46. The van der Waals surface area contributed by atoms with Gasteiger partial charge in [-0.05, 0) is 44.3 Å². The van der Waals surface area contributed by atoms with Crippen LogP contribution in [0.3, 0.4) is 0 Å². The summed E-state index contributed by atoms with van der Waals surface area (Å²) in [6.07, 6.45) is 2.92. The van der Waals surface area contributed by atoms with Crippen LogP contribution in [0, 0.1) is 0 Å². The maximum absolute atomic E-state index is 11.8. The maximum atomic E-state index is 11.8. The SMILES string of the molecule is CN(CCCCCO)Cc1nc2ccsc2c(=O)[nH]1. The monoisotopic (exact) mass is 281 g/mol. The number of hydrogen-bond acceptors (Lipinski definition) is 5. The number of unbranched alkanes of at least 4 members (excludes halogenated alkanes) is 2. The number of H-pyrrole nitrogens is 1. The predicted molar refractivity (Wildman–Crippen MR) is 77.5 cm³/mol. The van der Waals surface area contributed by atoms with E-state index in [1.807, 2.05) is 18.5 Å². The number of fused-ring (bicyclic) bond motifs is 1. The molecule has 104 valence electrons. The van der Waals surface area contributed by atoms with E-state index in [1.165, 1.54) is 11.3 Å². The molecule has 2 rings (SSSR count). The fourth-order valence-electron chi connectivity index (χ4n) is 2.00. The van der Waals surface area contributed by atoms with Gasteiger partial charge in [0.05, 0.1) is 12.1 Å². The molecule has 0 aliphatic carbocycles. The third kappa shape index (κ3) is 3.86. The van der Waals surface area contributed by atoms with Crippen LogP contribution in [0.4, 0.5) is 0 Å². The minimum absolute atomic E-state index is 0.0521. The molecular weight excluding hydrogens is 262 g/mol. The second-order valence-electron chi connectivity index (χ2n) is 4.67. The Morgan fingerprint density at radius 3 is 3.05 bits per heavy atom. The molecule has 6 heteroatoms. The Balaban J connectivity index is 1.95. The van der Waals surface area contributed by atoms with Gasteiger partial charge in [0, 0.05) is 6.61 Å². The molecule has 0 aromatic carbocycles. The summed E-state index contributed by atoms with van der Waals surface area (Å²) in [6.45, 7) is 1.83. The number of aromatic amines is 1. The van der Waals surface area contributed by atoms with Gasteiger partial charge < -0.3 is 10.1 Å². The predicted octanol–water partition coefficient (Wildman–Crippen LogP) is 1.58. The highest BCUT2D eigenvalue weighted by atomic mass is 32.1. The molecule has 0 atom stereocenters. The lowest BCUT2D eigenvalue weighted by molar-refractivity contribution is 0.269. The average Bonchev–Trinajstić information content (AvgIpc) is 2.83. The molecule has 2 heterocycles. The molecule has 0 saturated carbocycles. The highest BCUT2D eigenvalue weighted by Crippen LogP contribution is 2.14. The summed E-state index contributed by atoms with van der Waals surface area (Å²) in [7, 11) is 2.01. The molecule has 19 heavy (non-hydrogen) atoms. The number of aromatic nitrogens is 2. The van der Waals surface area contributed by atoms with Gasteiger partial charge in [-0.25, -0.2) is 4.98 Å². The van der Waals surface area contributed by atoms with Crippen molar-refractivity contribution in [1.29, 1.82) is 0 Å². The summed E-state index contributed by atoms with van der Waals surface area (Å²) in [6, 6.07) is 1.87. The maximum Gasteiger partial charge on any atom is 0.268 e. The molecular formula is C13H19N3O2S. The van der Waals surface area contributed by atoms with E-state index in [1.54, 1.807) is 0 Å². The van der Waals surface area contributed by atoms with Gasteiger partial charge in [-0.1, -0.05) is 0 Å². The topological polar surface area (TPSA) is 69.2 Å². The van der Waals surface area contributed by atoms with Gasteiger partial charge in [-0.2, -0.15) is 0 Å². The molecule has 0 amide bonds. The first-order valence-corrected chi connectivity index (χ1v) is 7.34. The van der Waals surface area contributed by atoms with Crippen molar-refractivity contribution in [3.05, 3.63) is 27.6 Å². The Bertz CT molecular complexity index is 579. The zero-order chi connectivity index (χ0) is 13.7. The van der Waals surface area contributed by atoms with Gasteiger partial charge in [-0.3, -0.25) is 9.69 Å². The number of hydrogen-bond donors (Lipinski definition) is 2.